The van der Waals surface area contributed by atoms with Crippen molar-refractivity contribution in [2.24, 2.45) is 5.92 Å². The SMILES string of the molecule is C[C@@H](C(=O)NCCNC(=O)C1CCCCC1)c1cccc(F)c1. The number of hydrogen-bond donors (Lipinski definition) is 2. The molecule has 2 rings (SSSR count). The fraction of sp³-hybridized carbons (Fsp3) is 0.556. The molecule has 1 aliphatic rings. The lowest BCUT2D eigenvalue weighted by Gasteiger charge is -2.20. The van der Waals surface area contributed by atoms with Gasteiger partial charge in [-0.3, -0.25) is 9.59 Å². The van der Waals surface area contributed by atoms with Gasteiger partial charge in [0.2, 0.25) is 11.8 Å². The maximum absolute atomic E-state index is 13.2. The molecule has 0 spiro atoms. The summed E-state index contributed by atoms with van der Waals surface area (Å²) in [5.41, 5.74) is 0.647. The first-order valence-corrected chi connectivity index (χ1v) is 8.39. The Labute approximate surface area is 136 Å². The summed E-state index contributed by atoms with van der Waals surface area (Å²) >= 11 is 0. The summed E-state index contributed by atoms with van der Waals surface area (Å²) in [5.74, 6) is -0.702. The minimum atomic E-state index is -0.417. The van der Waals surface area contributed by atoms with Crippen molar-refractivity contribution in [3.8, 4) is 0 Å². The lowest BCUT2D eigenvalue weighted by Crippen LogP contribution is -2.39. The van der Waals surface area contributed by atoms with Crippen LogP contribution in [0.5, 0.6) is 0 Å². The molecule has 0 unspecified atom stereocenters. The molecule has 1 saturated carbocycles. The van der Waals surface area contributed by atoms with Crippen molar-refractivity contribution in [3.05, 3.63) is 35.6 Å². The molecule has 126 valence electrons. The van der Waals surface area contributed by atoms with Gasteiger partial charge < -0.3 is 10.6 Å². The second-order valence-corrected chi connectivity index (χ2v) is 6.19. The van der Waals surface area contributed by atoms with E-state index < -0.39 is 5.92 Å². The predicted molar refractivity (Wildman–Crippen MR) is 87.4 cm³/mol. The van der Waals surface area contributed by atoms with Crippen molar-refractivity contribution >= 4 is 11.8 Å². The van der Waals surface area contributed by atoms with Crippen molar-refractivity contribution in [1.82, 2.24) is 10.6 Å². The molecule has 0 aliphatic heterocycles. The predicted octanol–water partition coefficient (Wildman–Crippen LogP) is 2.74. The summed E-state index contributed by atoms with van der Waals surface area (Å²) in [4.78, 5) is 24.0. The Morgan fingerprint density at radius 1 is 1.17 bits per heavy atom. The Hall–Kier alpha value is -1.91. The van der Waals surface area contributed by atoms with Gasteiger partial charge in [0.25, 0.3) is 0 Å². The number of nitrogens with one attached hydrogen (secondary N) is 2. The maximum Gasteiger partial charge on any atom is 0.227 e. The topological polar surface area (TPSA) is 58.2 Å². The van der Waals surface area contributed by atoms with E-state index in [0.29, 0.717) is 18.7 Å². The van der Waals surface area contributed by atoms with Crippen molar-refractivity contribution in [2.75, 3.05) is 13.1 Å². The number of amides is 2. The average Bonchev–Trinajstić information content (AvgIpc) is 2.58. The molecule has 0 saturated heterocycles. The van der Waals surface area contributed by atoms with Gasteiger partial charge >= 0.3 is 0 Å². The lowest BCUT2D eigenvalue weighted by atomic mass is 9.89. The molecule has 0 aromatic heterocycles. The first-order chi connectivity index (χ1) is 11.1. The number of benzene rings is 1. The fourth-order valence-electron chi connectivity index (χ4n) is 2.96. The van der Waals surface area contributed by atoms with Crippen LogP contribution < -0.4 is 10.6 Å². The third-order valence-electron chi connectivity index (χ3n) is 4.44. The van der Waals surface area contributed by atoms with E-state index in [1.807, 2.05) is 0 Å². The largest absolute Gasteiger partial charge is 0.354 e. The Morgan fingerprint density at radius 3 is 2.57 bits per heavy atom. The molecule has 1 aliphatic carbocycles. The van der Waals surface area contributed by atoms with Gasteiger partial charge in [0.15, 0.2) is 0 Å². The highest BCUT2D eigenvalue weighted by molar-refractivity contribution is 5.83. The minimum absolute atomic E-state index is 0.0946. The van der Waals surface area contributed by atoms with Crippen LogP contribution in [0.1, 0.15) is 50.5 Å². The summed E-state index contributed by atoms with van der Waals surface area (Å²) in [5, 5.41) is 5.66. The van der Waals surface area contributed by atoms with E-state index in [0.717, 1.165) is 25.7 Å². The summed E-state index contributed by atoms with van der Waals surface area (Å²) < 4.78 is 13.2. The van der Waals surface area contributed by atoms with Gasteiger partial charge in [-0.15, -0.1) is 0 Å². The van der Waals surface area contributed by atoms with Crippen molar-refractivity contribution < 1.29 is 14.0 Å². The van der Waals surface area contributed by atoms with Gasteiger partial charge in [0, 0.05) is 19.0 Å². The zero-order valence-electron chi connectivity index (χ0n) is 13.6. The van der Waals surface area contributed by atoms with Crippen molar-refractivity contribution in [2.45, 2.75) is 44.9 Å². The van der Waals surface area contributed by atoms with Crippen LogP contribution in [-0.2, 0) is 9.59 Å². The highest BCUT2D eigenvalue weighted by Gasteiger charge is 2.20. The van der Waals surface area contributed by atoms with Gasteiger partial charge in [-0.1, -0.05) is 31.4 Å². The van der Waals surface area contributed by atoms with E-state index in [-0.39, 0.29) is 23.5 Å². The monoisotopic (exact) mass is 320 g/mol. The molecule has 23 heavy (non-hydrogen) atoms. The van der Waals surface area contributed by atoms with Crippen molar-refractivity contribution in [1.29, 1.82) is 0 Å². The van der Waals surface area contributed by atoms with E-state index in [9.17, 15) is 14.0 Å². The molecule has 1 fully saturated rings. The summed E-state index contributed by atoms with van der Waals surface area (Å²) in [6.45, 7) is 2.55. The Morgan fingerprint density at radius 2 is 1.87 bits per heavy atom. The van der Waals surface area contributed by atoms with Crippen LogP contribution in [-0.4, -0.2) is 24.9 Å². The van der Waals surface area contributed by atoms with E-state index >= 15 is 0 Å². The second kappa shape index (κ2) is 8.65. The molecule has 2 amide bonds. The summed E-state index contributed by atoms with van der Waals surface area (Å²) in [6, 6.07) is 6.06. The first kappa shape index (κ1) is 17.4. The fourth-order valence-corrected chi connectivity index (χ4v) is 2.96. The van der Waals surface area contributed by atoms with Gasteiger partial charge in [0.1, 0.15) is 5.82 Å². The molecule has 1 aromatic carbocycles. The second-order valence-electron chi connectivity index (χ2n) is 6.19. The molecule has 1 aromatic rings. The molecular formula is C18H25FN2O2. The van der Waals surface area contributed by atoms with Gasteiger partial charge in [-0.2, -0.15) is 0 Å². The third-order valence-corrected chi connectivity index (χ3v) is 4.44. The van der Waals surface area contributed by atoms with Crippen LogP contribution in [0.15, 0.2) is 24.3 Å². The quantitative estimate of drug-likeness (QED) is 0.792. The van der Waals surface area contributed by atoms with Crippen molar-refractivity contribution in [3.63, 3.8) is 0 Å². The van der Waals surface area contributed by atoms with E-state index in [1.165, 1.54) is 18.6 Å². The molecule has 5 heteroatoms. The van der Waals surface area contributed by atoms with E-state index in [1.54, 1.807) is 19.1 Å². The zero-order chi connectivity index (χ0) is 16.7. The normalized spacial score (nSPS) is 16.6. The molecule has 0 radical (unpaired) electrons. The molecule has 0 heterocycles. The molecule has 0 bridgehead atoms. The molecular weight excluding hydrogens is 295 g/mol. The zero-order valence-corrected chi connectivity index (χ0v) is 13.6. The number of carbonyl (C=O) groups is 2. The minimum Gasteiger partial charge on any atom is -0.354 e. The smallest absolute Gasteiger partial charge is 0.227 e. The number of halogens is 1. The number of rotatable bonds is 6. The Balaban J connectivity index is 1.69. The van der Waals surface area contributed by atoms with Crippen LogP contribution >= 0.6 is 0 Å². The highest BCUT2D eigenvalue weighted by Crippen LogP contribution is 2.23. The average molecular weight is 320 g/mol. The van der Waals surface area contributed by atoms with Crippen LogP contribution in [0, 0.1) is 11.7 Å². The van der Waals surface area contributed by atoms with Gasteiger partial charge in [0.05, 0.1) is 5.92 Å². The van der Waals surface area contributed by atoms with Gasteiger partial charge in [-0.25, -0.2) is 4.39 Å². The summed E-state index contributed by atoms with van der Waals surface area (Å²) in [6.07, 6.45) is 5.40. The van der Waals surface area contributed by atoms with E-state index in [2.05, 4.69) is 10.6 Å². The summed E-state index contributed by atoms with van der Waals surface area (Å²) in [7, 11) is 0. The number of carbonyl (C=O) groups excluding carboxylic acids is 2. The van der Waals surface area contributed by atoms with Crippen LogP contribution in [0.3, 0.4) is 0 Å². The van der Waals surface area contributed by atoms with Gasteiger partial charge in [-0.05, 0) is 37.5 Å². The standard InChI is InChI=1S/C18H25FN2O2/c1-13(15-8-5-9-16(19)12-15)17(22)20-10-11-21-18(23)14-6-3-2-4-7-14/h5,8-9,12-14H,2-4,6-7,10-11H2,1H3,(H,20,22)(H,21,23)/t13-/m1/s1. The van der Waals surface area contributed by atoms with E-state index in [4.69, 9.17) is 0 Å². The molecule has 1 atom stereocenters. The highest BCUT2D eigenvalue weighted by atomic mass is 19.1. The lowest BCUT2D eigenvalue weighted by molar-refractivity contribution is -0.126. The maximum atomic E-state index is 13.2. The molecule has 4 nitrogen and oxygen atoms in total. The molecule has 2 N–H and O–H groups in total. The third kappa shape index (κ3) is 5.34. The Bertz CT molecular complexity index is 542. The number of hydrogen-bond acceptors (Lipinski definition) is 2. The Kier molecular flexibility index (Phi) is 6.56. The van der Waals surface area contributed by atoms with Crippen LogP contribution in [0.2, 0.25) is 0 Å². The van der Waals surface area contributed by atoms with Crippen LogP contribution in [0.25, 0.3) is 0 Å². The first-order valence-electron chi connectivity index (χ1n) is 8.39. The van der Waals surface area contributed by atoms with Crippen LogP contribution in [0.4, 0.5) is 4.39 Å².